The van der Waals surface area contributed by atoms with Crippen molar-refractivity contribution in [2.75, 3.05) is 6.61 Å². The second-order valence-electron chi connectivity index (χ2n) is 7.08. The van der Waals surface area contributed by atoms with E-state index < -0.39 is 17.5 Å². The summed E-state index contributed by atoms with van der Waals surface area (Å²) in [6.45, 7) is 7.46. The summed E-state index contributed by atoms with van der Waals surface area (Å²) in [6.07, 6.45) is 9.20. The van der Waals surface area contributed by atoms with Gasteiger partial charge in [-0.25, -0.2) is 9.59 Å². The zero-order valence-corrected chi connectivity index (χ0v) is 17.0. The second kappa shape index (κ2) is 10.2. The summed E-state index contributed by atoms with van der Waals surface area (Å²) >= 11 is 0. The smallest absolute Gasteiger partial charge is 0.331 e. The highest BCUT2D eigenvalue weighted by atomic mass is 16.6. The molecule has 152 valence electrons. The lowest BCUT2D eigenvalue weighted by molar-refractivity contribution is -0.148. The van der Waals surface area contributed by atoms with Crippen molar-refractivity contribution in [3.63, 3.8) is 0 Å². The summed E-state index contributed by atoms with van der Waals surface area (Å²) in [5.41, 5.74) is 0.851. The normalized spacial score (nSPS) is 11.6. The van der Waals surface area contributed by atoms with Crippen molar-refractivity contribution in [3.05, 3.63) is 66.0 Å². The molecule has 1 aromatic carbocycles. The molecule has 0 aliphatic rings. The number of benzene rings is 1. The molecule has 0 fully saturated rings. The van der Waals surface area contributed by atoms with E-state index in [9.17, 15) is 9.59 Å². The van der Waals surface area contributed by atoms with E-state index in [1.807, 2.05) is 6.07 Å². The van der Waals surface area contributed by atoms with Gasteiger partial charge >= 0.3 is 11.9 Å². The lowest BCUT2D eigenvalue weighted by atomic mass is 10.1. The lowest BCUT2D eigenvalue weighted by Crippen LogP contribution is -2.22. The topological polar surface area (TPSA) is 74.7 Å². The van der Waals surface area contributed by atoms with Crippen molar-refractivity contribution in [1.29, 1.82) is 0 Å². The molecule has 1 aromatic heterocycles. The van der Waals surface area contributed by atoms with E-state index in [1.54, 1.807) is 76.5 Å². The Hall–Kier alpha value is -3.41. The van der Waals surface area contributed by atoms with Crippen LogP contribution in [0.3, 0.4) is 0 Å². The van der Waals surface area contributed by atoms with Crippen LogP contribution in [0.15, 0.2) is 54.9 Å². The van der Waals surface area contributed by atoms with Crippen molar-refractivity contribution < 1.29 is 23.8 Å². The fraction of sp³-hybridized carbons (Fsp3) is 0.261. The SMILES string of the molecule is CCOC(=O)C=Cc1cc(/C=C/C(=O)OC(C)(C)C)cc(Oc2cccnc2)c1. The van der Waals surface area contributed by atoms with Crippen LogP contribution in [0, 0.1) is 0 Å². The van der Waals surface area contributed by atoms with E-state index in [1.165, 1.54) is 12.2 Å². The van der Waals surface area contributed by atoms with Crippen LogP contribution in [-0.4, -0.2) is 29.1 Å². The molecular formula is C23H25NO5. The van der Waals surface area contributed by atoms with Crippen molar-refractivity contribution in [2.24, 2.45) is 0 Å². The highest BCUT2D eigenvalue weighted by Crippen LogP contribution is 2.25. The fourth-order valence-electron chi connectivity index (χ4n) is 2.30. The predicted octanol–water partition coefficient (Wildman–Crippen LogP) is 4.81. The maximum atomic E-state index is 12.0. The highest BCUT2D eigenvalue weighted by Gasteiger charge is 2.14. The highest BCUT2D eigenvalue weighted by molar-refractivity contribution is 5.88. The third-order valence-corrected chi connectivity index (χ3v) is 3.34. The Morgan fingerprint density at radius 2 is 1.66 bits per heavy atom. The van der Waals surface area contributed by atoms with Gasteiger partial charge in [0, 0.05) is 18.3 Å². The third kappa shape index (κ3) is 8.43. The number of ether oxygens (including phenoxy) is 3. The van der Waals surface area contributed by atoms with Gasteiger partial charge in [-0.3, -0.25) is 4.98 Å². The molecule has 0 amide bonds. The number of nitrogens with zero attached hydrogens (tertiary/aromatic N) is 1. The van der Waals surface area contributed by atoms with Crippen molar-refractivity contribution in [3.8, 4) is 11.5 Å². The summed E-state index contributed by atoms with van der Waals surface area (Å²) in [6, 6.07) is 8.91. The summed E-state index contributed by atoms with van der Waals surface area (Å²) in [5, 5.41) is 0. The second-order valence-corrected chi connectivity index (χ2v) is 7.08. The molecule has 6 heteroatoms. The van der Waals surface area contributed by atoms with Crippen molar-refractivity contribution in [2.45, 2.75) is 33.3 Å². The van der Waals surface area contributed by atoms with Crippen LogP contribution in [0.2, 0.25) is 0 Å². The van der Waals surface area contributed by atoms with Crippen LogP contribution in [0.1, 0.15) is 38.8 Å². The van der Waals surface area contributed by atoms with Crippen LogP contribution in [-0.2, 0) is 19.1 Å². The largest absolute Gasteiger partial charge is 0.463 e. The van der Waals surface area contributed by atoms with E-state index in [4.69, 9.17) is 14.2 Å². The first-order valence-corrected chi connectivity index (χ1v) is 9.24. The maximum absolute atomic E-state index is 12.0. The molecule has 29 heavy (non-hydrogen) atoms. The Labute approximate surface area is 170 Å². The summed E-state index contributed by atoms with van der Waals surface area (Å²) in [4.78, 5) is 27.6. The van der Waals surface area contributed by atoms with Crippen molar-refractivity contribution >= 4 is 24.1 Å². The Morgan fingerprint density at radius 3 is 2.21 bits per heavy atom. The fourth-order valence-corrected chi connectivity index (χ4v) is 2.30. The van der Waals surface area contributed by atoms with E-state index in [-0.39, 0.29) is 0 Å². The van der Waals surface area contributed by atoms with E-state index >= 15 is 0 Å². The number of aromatic nitrogens is 1. The Bertz CT molecular complexity index is 895. The Morgan fingerprint density at radius 1 is 1.00 bits per heavy atom. The van der Waals surface area contributed by atoms with E-state index in [0.717, 1.165) is 0 Å². The summed E-state index contributed by atoms with van der Waals surface area (Å²) in [5.74, 6) is 0.227. The van der Waals surface area contributed by atoms with Crippen LogP contribution < -0.4 is 4.74 Å². The van der Waals surface area contributed by atoms with Gasteiger partial charge in [-0.1, -0.05) is 0 Å². The molecule has 0 aliphatic heterocycles. The third-order valence-electron chi connectivity index (χ3n) is 3.34. The van der Waals surface area contributed by atoms with Crippen LogP contribution in [0.25, 0.3) is 12.2 Å². The zero-order chi connectivity index (χ0) is 21.3. The zero-order valence-electron chi connectivity index (χ0n) is 17.0. The average Bonchev–Trinajstić information content (AvgIpc) is 2.64. The summed E-state index contributed by atoms with van der Waals surface area (Å²) < 4.78 is 16.0. The number of carbonyl (C=O) groups is 2. The Balaban J connectivity index is 2.28. The number of hydrogen-bond donors (Lipinski definition) is 0. The van der Waals surface area contributed by atoms with Gasteiger partial charge in [-0.15, -0.1) is 0 Å². The molecule has 1 heterocycles. The first-order valence-electron chi connectivity index (χ1n) is 9.24. The minimum Gasteiger partial charge on any atom is -0.463 e. The van der Waals surface area contributed by atoms with Gasteiger partial charge in [0.2, 0.25) is 0 Å². The predicted molar refractivity (Wildman–Crippen MR) is 111 cm³/mol. The van der Waals surface area contributed by atoms with E-state index in [2.05, 4.69) is 4.98 Å². The van der Waals surface area contributed by atoms with E-state index in [0.29, 0.717) is 29.2 Å². The standard InChI is InChI=1S/C23H25NO5/c1-5-27-21(25)10-8-17-13-18(9-11-22(26)29-23(2,3)4)15-20(14-17)28-19-7-6-12-24-16-19/h6-16H,5H2,1-4H3/b10-8?,11-9+. The molecule has 0 atom stereocenters. The molecule has 0 saturated heterocycles. The molecule has 0 spiro atoms. The molecule has 6 nitrogen and oxygen atoms in total. The molecule has 0 unspecified atom stereocenters. The number of carbonyl (C=O) groups excluding carboxylic acids is 2. The van der Waals surface area contributed by atoms with Gasteiger partial charge in [0.15, 0.2) is 0 Å². The van der Waals surface area contributed by atoms with Gasteiger partial charge in [-0.05, 0) is 81.3 Å². The Kier molecular flexibility index (Phi) is 7.71. The van der Waals surface area contributed by atoms with Crippen LogP contribution in [0.4, 0.5) is 0 Å². The van der Waals surface area contributed by atoms with Crippen molar-refractivity contribution in [1.82, 2.24) is 4.98 Å². The van der Waals surface area contributed by atoms with Gasteiger partial charge < -0.3 is 14.2 Å². The van der Waals surface area contributed by atoms with Crippen LogP contribution in [0.5, 0.6) is 11.5 Å². The van der Waals surface area contributed by atoms with Gasteiger partial charge in [0.05, 0.1) is 12.8 Å². The molecular weight excluding hydrogens is 370 g/mol. The molecule has 0 N–H and O–H groups in total. The maximum Gasteiger partial charge on any atom is 0.331 e. The van der Waals surface area contributed by atoms with Gasteiger partial charge in [0.1, 0.15) is 17.1 Å². The monoisotopic (exact) mass is 395 g/mol. The minimum absolute atomic E-state index is 0.303. The molecule has 0 radical (unpaired) electrons. The average molecular weight is 395 g/mol. The van der Waals surface area contributed by atoms with Gasteiger partial charge in [-0.2, -0.15) is 0 Å². The summed E-state index contributed by atoms with van der Waals surface area (Å²) in [7, 11) is 0. The molecule has 0 saturated carbocycles. The van der Waals surface area contributed by atoms with Crippen LogP contribution >= 0.6 is 0 Å². The molecule has 2 rings (SSSR count). The lowest BCUT2D eigenvalue weighted by Gasteiger charge is -2.17. The molecule has 0 aliphatic carbocycles. The molecule has 2 aromatic rings. The number of hydrogen-bond acceptors (Lipinski definition) is 6. The molecule has 0 bridgehead atoms. The minimum atomic E-state index is -0.569. The van der Waals surface area contributed by atoms with Gasteiger partial charge in [0.25, 0.3) is 0 Å². The quantitative estimate of drug-likeness (QED) is 0.495. The first kappa shape index (κ1) is 21.9. The number of esters is 2. The number of pyridine rings is 1. The number of rotatable bonds is 7. The first-order chi connectivity index (χ1) is 13.7.